The van der Waals surface area contributed by atoms with Crippen LogP contribution in [0.4, 0.5) is 5.69 Å². The summed E-state index contributed by atoms with van der Waals surface area (Å²) in [5.41, 5.74) is 4.96. The van der Waals surface area contributed by atoms with E-state index in [2.05, 4.69) is 39.9 Å². The molecular weight excluding hydrogens is 334 g/mol. The molecule has 0 saturated heterocycles. The Labute approximate surface area is 160 Å². The van der Waals surface area contributed by atoms with E-state index in [-0.39, 0.29) is 5.91 Å². The number of hydrogen-bond acceptors (Lipinski definition) is 3. The van der Waals surface area contributed by atoms with Crippen LogP contribution in [0.25, 0.3) is 0 Å². The number of amides is 1. The maximum absolute atomic E-state index is 12.4. The Bertz CT molecular complexity index is 860. The smallest absolute Gasteiger partial charge is 0.270 e. The zero-order valence-electron chi connectivity index (χ0n) is 15.6. The summed E-state index contributed by atoms with van der Waals surface area (Å²) in [6.07, 6.45) is 3.73. The number of carbonyl (C=O) groups is 1. The summed E-state index contributed by atoms with van der Waals surface area (Å²) in [6.45, 7) is 3.39. The number of hydrogen-bond donors (Lipinski definition) is 2. The lowest BCUT2D eigenvalue weighted by atomic mass is 10.1. The zero-order valence-corrected chi connectivity index (χ0v) is 15.6. The molecule has 4 heteroatoms. The maximum atomic E-state index is 12.4. The van der Waals surface area contributed by atoms with Crippen LogP contribution in [-0.2, 0) is 13.0 Å². The van der Waals surface area contributed by atoms with Crippen LogP contribution >= 0.6 is 0 Å². The number of nitrogens with one attached hydrogen (secondary N) is 2. The highest BCUT2D eigenvalue weighted by Crippen LogP contribution is 2.10. The zero-order chi connectivity index (χ0) is 18.9. The van der Waals surface area contributed by atoms with Gasteiger partial charge in [0.1, 0.15) is 5.69 Å². The molecule has 0 radical (unpaired) electrons. The summed E-state index contributed by atoms with van der Waals surface area (Å²) < 4.78 is 0. The summed E-state index contributed by atoms with van der Waals surface area (Å²) in [7, 11) is 0. The fourth-order valence-corrected chi connectivity index (χ4v) is 2.81. The van der Waals surface area contributed by atoms with Crippen molar-refractivity contribution in [1.82, 2.24) is 10.3 Å². The van der Waals surface area contributed by atoms with Gasteiger partial charge in [-0.05, 0) is 43.0 Å². The van der Waals surface area contributed by atoms with E-state index in [1.165, 1.54) is 11.1 Å². The van der Waals surface area contributed by atoms with Gasteiger partial charge in [-0.2, -0.15) is 0 Å². The molecule has 0 fully saturated rings. The van der Waals surface area contributed by atoms with Gasteiger partial charge in [0, 0.05) is 25.0 Å². The van der Waals surface area contributed by atoms with Crippen LogP contribution in [0.3, 0.4) is 0 Å². The van der Waals surface area contributed by atoms with Crippen molar-refractivity contribution in [2.45, 2.75) is 26.3 Å². The number of benzene rings is 2. The van der Waals surface area contributed by atoms with E-state index in [1.54, 1.807) is 12.3 Å². The van der Waals surface area contributed by atoms with E-state index in [9.17, 15) is 4.79 Å². The molecule has 0 saturated carbocycles. The van der Waals surface area contributed by atoms with Gasteiger partial charge in [0.2, 0.25) is 0 Å². The molecule has 0 aliphatic rings. The molecule has 3 aromatic rings. The summed E-state index contributed by atoms with van der Waals surface area (Å²) in [5.74, 6) is -0.163. The first-order chi connectivity index (χ1) is 13.2. The molecule has 27 heavy (non-hydrogen) atoms. The van der Waals surface area contributed by atoms with E-state index in [4.69, 9.17) is 0 Å². The maximum Gasteiger partial charge on any atom is 0.270 e. The normalized spacial score (nSPS) is 10.4. The van der Waals surface area contributed by atoms with Crippen LogP contribution in [0.1, 0.15) is 33.6 Å². The molecule has 0 spiro atoms. The van der Waals surface area contributed by atoms with Crippen LogP contribution in [0, 0.1) is 6.92 Å². The average molecular weight is 359 g/mol. The van der Waals surface area contributed by atoms with Crippen LogP contribution in [0.5, 0.6) is 0 Å². The molecule has 1 aromatic heterocycles. The first kappa shape index (κ1) is 18.6. The second-order valence-electron chi connectivity index (χ2n) is 6.61. The number of nitrogens with zero attached hydrogens (tertiary/aromatic N) is 1. The van der Waals surface area contributed by atoms with E-state index in [0.717, 1.165) is 30.6 Å². The van der Waals surface area contributed by atoms with Gasteiger partial charge < -0.3 is 10.6 Å². The first-order valence-electron chi connectivity index (χ1n) is 9.28. The lowest BCUT2D eigenvalue weighted by Gasteiger charge is -2.09. The quantitative estimate of drug-likeness (QED) is 0.588. The molecule has 0 atom stereocenters. The number of carbonyl (C=O) groups excluding carboxylic acids is 1. The van der Waals surface area contributed by atoms with Crippen molar-refractivity contribution in [3.8, 4) is 0 Å². The van der Waals surface area contributed by atoms with Crippen molar-refractivity contribution < 1.29 is 4.79 Å². The first-order valence-corrected chi connectivity index (χ1v) is 9.28. The molecule has 0 aliphatic heterocycles. The molecule has 1 heterocycles. The van der Waals surface area contributed by atoms with E-state index < -0.39 is 0 Å². The van der Waals surface area contributed by atoms with Crippen molar-refractivity contribution >= 4 is 11.6 Å². The summed E-state index contributed by atoms with van der Waals surface area (Å²) in [4.78, 5) is 16.5. The van der Waals surface area contributed by atoms with Gasteiger partial charge in [0.25, 0.3) is 5.91 Å². The van der Waals surface area contributed by atoms with Crippen molar-refractivity contribution in [2.75, 3.05) is 11.9 Å². The van der Waals surface area contributed by atoms with Crippen LogP contribution < -0.4 is 10.6 Å². The highest BCUT2D eigenvalue weighted by atomic mass is 16.1. The van der Waals surface area contributed by atoms with Gasteiger partial charge in [0.15, 0.2) is 0 Å². The third kappa shape index (κ3) is 5.96. The Hall–Kier alpha value is -3.14. The van der Waals surface area contributed by atoms with Crippen molar-refractivity contribution in [2.24, 2.45) is 0 Å². The van der Waals surface area contributed by atoms with Gasteiger partial charge in [0.05, 0.1) is 0 Å². The minimum atomic E-state index is -0.163. The fraction of sp³-hybridized carbons (Fsp3) is 0.217. The standard InChI is InChI=1S/C23H25N3O/c1-18-9-11-20(12-10-18)17-26-23(27)22-16-21(13-15-25-22)24-14-5-8-19-6-3-2-4-7-19/h2-4,6-7,9-13,15-16H,5,8,14,17H2,1H3,(H,24,25)(H,26,27). The monoisotopic (exact) mass is 359 g/mol. The number of aryl methyl sites for hydroxylation is 2. The van der Waals surface area contributed by atoms with E-state index in [0.29, 0.717) is 12.2 Å². The molecular formula is C23H25N3O. The van der Waals surface area contributed by atoms with Gasteiger partial charge >= 0.3 is 0 Å². The minimum absolute atomic E-state index is 0.163. The van der Waals surface area contributed by atoms with Crippen LogP contribution in [-0.4, -0.2) is 17.4 Å². The van der Waals surface area contributed by atoms with Gasteiger partial charge in [-0.25, -0.2) is 0 Å². The third-order valence-electron chi connectivity index (χ3n) is 4.38. The number of aromatic nitrogens is 1. The minimum Gasteiger partial charge on any atom is -0.385 e. The Morgan fingerprint density at radius 2 is 1.74 bits per heavy atom. The number of pyridine rings is 1. The third-order valence-corrected chi connectivity index (χ3v) is 4.38. The van der Waals surface area contributed by atoms with Crippen molar-refractivity contribution in [3.63, 3.8) is 0 Å². The molecule has 2 N–H and O–H groups in total. The predicted octanol–water partition coefficient (Wildman–Crippen LogP) is 4.36. The second kappa shape index (κ2) is 9.53. The topological polar surface area (TPSA) is 54.0 Å². The molecule has 1 amide bonds. The Morgan fingerprint density at radius 1 is 0.963 bits per heavy atom. The molecule has 2 aromatic carbocycles. The SMILES string of the molecule is Cc1ccc(CNC(=O)c2cc(NCCCc3ccccc3)ccn2)cc1. The number of rotatable bonds is 8. The Kier molecular flexibility index (Phi) is 6.58. The van der Waals surface area contributed by atoms with Crippen molar-refractivity contribution in [3.05, 3.63) is 95.3 Å². The van der Waals surface area contributed by atoms with Gasteiger partial charge in [-0.15, -0.1) is 0 Å². The van der Waals surface area contributed by atoms with Crippen LogP contribution in [0.2, 0.25) is 0 Å². The number of anilines is 1. The molecule has 138 valence electrons. The lowest BCUT2D eigenvalue weighted by Crippen LogP contribution is -2.23. The van der Waals surface area contributed by atoms with E-state index >= 15 is 0 Å². The summed E-state index contributed by atoms with van der Waals surface area (Å²) in [5, 5.41) is 6.29. The van der Waals surface area contributed by atoms with Crippen molar-refractivity contribution in [1.29, 1.82) is 0 Å². The average Bonchev–Trinajstić information content (AvgIpc) is 2.71. The summed E-state index contributed by atoms with van der Waals surface area (Å²) in [6, 6.07) is 22.3. The molecule has 0 bridgehead atoms. The lowest BCUT2D eigenvalue weighted by molar-refractivity contribution is 0.0946. The fourth-order valence-electron chi connectivity index (χ4n) is 2.81. The second-order valence-corrected chi connectivity index (χ2v) is 6.61. The molecule has 0 aliphatic carbocycles. The van der Waals surface area contributed by atoms with Crippen LogP contribution in [0.15, 0.2) is 72.9 Å². The highest BCUT2D eigenvalue weighted by Gasteiger charge is 2.07. The summed E-state index contributed by atoms with van der Waals surface area (Å²) >= 11 is 0. The predicted molar refractivity (Wildman–Crippen MR) is 110 cm³/mol. The van der Waals surface area contributed by atoms with Gasteiger partial charge in [-0.3, -0.25) is 9.78 Å². The van der Waals surface area contributed by atoms with Gasteiger partial charge in [-0.1, -0.05) is 60.2 Å². The van der Waals surface area contributed by atoms with E-state index in [1.807, 2.05) is 43.3 Å². The molecule has 3 rings (SSSR count). The Morgan fingerprint density at radius 3 is 2.52 bits per heavy atom. The Balaban J connectivity index is 1.47. The molecule has 4 nitrogen and oxygen atoms in total. The highest BCUT2D eigenvalue weighted by molar-refractivity contribution is 5.93. The molecule has 0 unspecified atom stereocenters. The largest absolute Gasteiger partial charge is 0.385 e.